The molecule has 26 heavy (non-hydrogen) atoms. The molecule has 2 heterocycles. The first-order valence-corrected chi connectivity index (χ1v) is 9.19. The van der Waals surface area contributed by atoms with Gasteiger partial charge in [-0.15, -0.1) is 11.3 Å². The number of nitro benzene ring substituents is 1. The van der Waals surface area contributed by atoms with Crippen LogP contribution in [0.15, 0.2) is 35.7 Å². The van der Waals surface area contributed by atoms with Crippen LogP contribution in [0.2, 0.25) is 0 Å². The maximum atomic E-state index is 13.1. The number of carbonyl (C=O) groups is 2. The predicted molar refractivity (Wildman–Crippen MR) is 99.6 cm³/mol. The lowest BCUT2D eigenvalue weighted by Crippen LogP contribution is -2.51. The third-order valence-corrected chi connectivity index (χ3v) is 5.27. The molecule has 1 aromatic heterocycles. The largest absolute Gasteiger partial charge is 0.339 e. The molecule has 0 bridgehead atoms. The summed E-state index contributed by atoms with van der Waals surface area (Å²) in [7, 11) is 0. The summed E-state index contributed by atoms with van der Waals surface area (Å²) >= 11 is 1.31. The van der Waals surface area contributed by atoms with Crippen molar-refractivity contribution in [1.82, 2.24) is 5.32 Å². The van der Waals surface area contributed by atoms with Gasteiger partial charge in [0.25, 0.3) is 11.6 Å². The highest BCUT2D eigenvalue weighted by Gasteiger charge is 2.34. The molecule has 2 amide bonds. The minimum absolute atomic E-state index is 0.0489. The highest BCUT2D eigenvalue weighted by molar-refractivity contribution is 7.12. The number of rotatable bonds is 5. The number of nitrogens with one attached hydrogen (secondary N) is 1. The molecule has 1 aromatic carbocycles. The molecular formula is C18H19N3O4S. The Morgan fingerprint density at radius 3 is 2.69 bits per heavy atom. The second-order valence-electron chi connectivity index (χ2n) is 6.48. The van der Waals surface area contributed by atoms with Crippen molar-refractivity contribution in [3.05, 3.63) is 56.3 Å². The van der Waals surface area contributed by atoms with E-state index in [1.54, 1.807) is 28.5 Å². The Labute approximate surface area is 154 Å². The molecule has 0 saturated heterocycles. The maximum absolute atomic E-state index is 13.1. The summed E-state index contributed by atoms with van der Waals surface area (Å²) in [6.07, 6.45) is 0.642. The predicted octanol–water partition coefficient (Wildman–Crippen LogP) is 3.00. The monoisotopic (exact) mass is 373 g/mol. The molecule has 2 aromatic rings. The first-order chi connectivity index (χ1) is 12.4. The highest BCUT2D eigenvalue weighted by Crippen LogP contribution is 2.32. The number of hydrogen-bond acceptors (Lipinski definition) is 5. The van der Waals surface area contributed by atoms with Crippen molar-refractivity contribution in [3.8, 4) is 0 Å². The average Bonchev–Trinajstić information content (AvgIpc) is 3.27. The third-order valence-electron chi connectivity index (χ3n) is 4.41. The second-order valence-corrected chi connectivity index (χ2v) is 7.43. The van der Waals surface area contributed by atoms with Gasteiger partial charge in [-0.1, -0.05) is 26.0 Å². The minimum Gasteiger partial charge on any atom is -0.339 e. The van der Waals surface area contributed by atoms with Gasteiger partial charge in [0.1, 0.15) is 6.04 Å². The molecule has 7 nitrogen and oxygen atoms in total. The van der Waals surface area contributed by atoms with Crippen molar-refractivity contribution in [2.24, 2.45) is 5.92 Å². The Kier molecular flexibility index (Phi) is 5.03. The SMILES string of the molecule is CC(C)C(NC(=O)c1cccs1)C(=O)N1CCc2ccc([N+](=O)[O-])cc21. The van der Waals surface area contributed by atoms with Crippen LogP contribution in [0.5, 0.6) is 0 Å². The van der Waals surface area contributed by atoms with Crippen LogP contribution in [0, 0.1) is 16.0 Å². The lowest BCUT2D eigenvalue weighted by Gasteiger charge is -2.27. The lowest BCUT2D eigenvalue weighted by molar-refractivity contribution is -0.384. The number of fused-ring (bicyclic) bond motifs is 1. The Hall–Kier alpha value is -2.74. The molecule has 0 radical (unpaired) electrons. The van der Waals surface area contributed by atoms with Crippen molar-refractivity contribution < 1.29 is 14.5 Å². The number of hydrogen-bond donors (Lipinski definition) is 1. The van der Waals surface area contributed by atoms with Crippen LogP contribution >= 0.6 is 11.3 Å². The zero-order chi connectivity index (χ0) is 18.8. The summed E-state index contributed by atoms with van der Waals surface area (Å²) in [5, 5.41) is 15.7. The average molecular weight is 373 g/mol. The molecule has 8 heteroatoms. The molecule has 3 rings (SSSR count). The number of amides is 2. The van der Waals surface area contributed by atoms with Gasteiger partial charge in [-0.3, -0.25) is 19.7 Å². The first-order valence-electron chi connectivity index (χ1n) is 8.31. The Morgan fingerprint density at radius 1 is 1.31 bits per heavy atom. The molecule has 0 spiro atoms. The van der Waals surface area contributed by atoms with E-state index in [1.165, 1.54) is 23.5 Å². The molecule has 1 aliphatic rings. The lowest BCUT2D eigenvalue weighted by atomic mass is 10.0. The van der Waals surface area contributed by atoms with Gasteiger partial charge in [0.15, 0.2) is 0 Å². The quantitative estimate of drug-likeness (QED) is 0.644. The molecule has 1 aliphatic heterocycles. The van der Waals surface area contributed by atoms with Crippen LogP contribution in [0.25, 0.3) is 0 Å². The van der Waals surface area contributed by atoms with E-state index < -0.39 is 11.0 Å². The summed E-state index contributed by atoms with van der Waals surface area (Å²) in [5.41, 5.74) is 1.41. The summed E-state index contributed by atoms with van der Waals surface area (Å²) < 4.78 is 0. The highest BCUT2D eigenvalue weighted by atomic mass is 32.1. The smallest absolute Gasteiger partial charge is 0.271 e. The van der Waals surface area contributed by atoms with Crippen LogP contribution in [0.1, 0.15) is 29.1 Å². The van der Waals surface area contributed by atoms with Crippen LogP contribution < -0.4 is 10.2 Å². The van der Waals surface area contributed by atoms with Crippen LogP contribution in [-0.4, -0.2) is 29.3 Å². The normalized spacial score (nSPS) is 14.2. The van der Waals surface area contributed by atoms with Crippen molar-refractivity contribution >= 4 is 34.5 Å². The van der Waals surface area contributed by atoms with E-state index in [9.17, 15) is 19.7 Å². The van der Waals surface area contributed by atoms with E-state index in [0.717, 1.165) is 5.56 Å². The fourth-order valence-corrected chi connectivity index (χ4v) is 3.64. The second kappa shape index (κ2) is 7.25. The summed E-state index contributed by atoms with van der Waals surface area (Å²) in [5.74, 6) is -0.649. The van der Waals surface area contributed by atoms with Crippen LogP contribution in [0.3, 0.4) is 0 Å². The standard InChI is InChI=1S/C18H19N3O4S/c1-11(2)16(19-17(22)15-4-3-9-26-15)18(23)20-8-7-12-5-6-13(21(24)25)10-14(12)20/h3-6,9-11,16H,7-8H2,1-2H3,(H,19,22). The van der Waals surface area contributed by atoms with Gasteiger partial charge in [0.05, 0.1) is 15.5 Å². The van der Waals surface area contributed by atoms with Gasteiger partial charge in [0.2, 0.25) is 5.91 Å². The van der Waals surface area contributed by atoms with Crippen LogP contribution in [-0.2, 0) is 11.2 Å². The minimum atomic E-state index is -0.699. The Balaban J connectivity index is 1.84. The number of nitro groups is 1. The van der Waals surface area contributed by atoms with E-state index in [2.05, 4.69) is 5.32 Å². The van der Waals surface area contributed by atoms with E-state index in [4.69, 9.17) is 0 Å². The van der Waals surface area contributed by atoms with Crippen LogP contribution in [0.4, 0.5) is 11.4 Å². The fraction of sp³-hybridized carbons (Fsp3) is 0.333. The van der Waals surface area contributed by atoms with Crippen molar-refractivity contribution in [1.29, 1.82) is 0 Å². The number of benzene rings is 1. The third kappa shape index (κ3) is 3.45. The van der Waals surface area contributed by atoms with Crippen molar-refractivity contribution in [2.45, 2.75) is 26.3 Å². The molecule has 0 fully saturated rings. The molecule has 1 atom stereocenters. The molecule has 136 valence electrons. The van der Waals surface area contributed by atoms with Gasteiger partial charge in [-0.05, 0) is 29.3 Å². The summed E-state index contributed by atoms with van der Waals surface area (Å²) in [6.45, 7) is 4.18. The fourth-order valence-electron chi connectivity index (χ4n) is 3.01. The van der Waals surface area contributed by atoms with E-state index in [-0.39, 0.29) is 23.4 Å². The number of nitrogens with zero attached hydrogens (tertiary/aromatic N) is 2. The van der Waals surface area contributed by atoms with E-state index in [0.29, 0.717) is 23.5 Å². The Morgan fingerprint density at radius 2 is 2.08 bits per heavy atom. The van der Waals surface area contributed by atoms with Crippen molar-refractivity contribution in [2.75, 3.05) is 11.4 Å². The summed E-state index contributed by atoms with van der Waals surface area (Å²) in [4.78, 5) is 38.1. The number of carbonyl (C=O) groups excluding carboxylic acids is 2. The number of non-ortho nitro benzene ring substituents is 1. The molecular weight excluding hydrogens is 354 g/mol. The Bertz CT molecular complexity index is 848. The van der Waals surface area contributed by atoms with Gasteiger partial charge in [0, 0.05) is 18.7 Å². The van der Waals surface area contributed by atoms with E-state index in [1.807, 2.05) is 13.8 Å². The van der Waals surface area contributed by atoms with Gasteiger partial charge < -0.3 is 10.2 Å². The molecule has 1 unspecified atom stereocenters. The molecule has 0 saturated carbocycles. The molecule has 1 N–H and O–H groups in total. The zero-order valence-corrected chi connectivity index (χ0v) is 15.3. The van der Waals surface area contributed by atoms with Gasteiger partial charge in [-0.25, -0.2) is 0 Å². The summed E-state index contributed by atoms with van der Waals surface area (Å²) in [6, 6.07) is 7.35. The maximum Gasteiger partial charge on any atom is 0.271 e. The van der Waals surface area contributed by atoms with Crippen molar-refractivity contribution in [3.63, 3.8) is 0 Å². The number of thiophene rings is 1. The number of anilines is 1. The van der Waals surface area contributed by atoms with E-state index >= 15 is 0 Å². The zero-order valence-electron chi connectivity index (χ0n) is 14.5. The van der Waals surface area contributed by atoms with Gasteiger partial charge in [-0.2, -0.15) is 0 Å². The first kappa shape index (κ1) is 18.1. The topological polar surface area (TPSA) is 92.6 Å². The van der Waals surface area contributed by atoms with Gasteiger partial charge >= 0.3 is 0 Å². The molecule has 0 aliphatic carbocycles.